The molecule has 0 amide bonds. The Morgan fingerprint density at radius 1 is 0.800 bits per heavy atom. The van der Waals surface area contributed by atoms with Gasteiger partial charge in [-0.15, -0.1) is 6.07 Å². The third-order valence-corrected chi connectivity index (χ3v) is 3.32. The van der Waals surface area contributed by atoms with Gasteiger partial charge in [0, 0.05) is 44.4 Å². The van der Waals surface area contributed by atoms with E-state index in [2.05, 4.69) is 28.3 Å². The Morgan fingerprint density at radius 3 is 2.20 bits per heavy atom. The van der Waals surface area contributed by atoms with Crippen LogP contribution < -0.4 is 0 Å². The molecule has 0 fully saturated rings. The molecule has 4 heteroatoms. The van der Waals surface area contributed by atoms with Gasteiger partial charge in [0.15, 0.2) is 0 Å². The molecule has 0 N–H and O–H groups in total. The van der Waals surface area contributed by atoms with Gasteiger partial charge in [0.05, 0.1) is 0 Å². The van der Waals surface area contributed by atoms with Gasteiger partial charge < -0.3 is 0 Å². The summed E-state index contributed by atoms with van der Waals surface area (Å²) in [6, 6.07) is 29.8. The number of nitrogens with zero attached hydrogens (tertiary/aromatic N) is 3. The molecule has 0 aliphatic carbocycles. The Morgan fingerprint density at radius 2 is 1.60 bits per heavy atom. The predicted molar refractivity (Wildman–Crippen MR) is 94.7 cm³/mol. The van der Waals surface area contributed by atoms with E-state index in [1.54, 1.807) is 10.9 Å². The molecule has 2 aromatic heterocycles. The van der Waals surface area contributed by atoms with Gasteiger partial charge in [-0.25, -0.2) is 0 Å². The second-order valence-electron chi connectivity index (χ2n) is 5.08. The summed E-state index contributed by atoms with van der Waals surface area (Å²) >= 11 is 0. The fourth-order valence-electron chi connectivity index (χ4n) is 2.18. The van der Waals surface area contributed by atoms with Crippen LogP contribution in [-0.2, 0) is 26.5 Å². The Balaban J connectivity index is 0.000000175. The summed E-state index contributed by atoms with van der Waals surface area (Å²) in [4.78, 5) is 4.25. The number of hydrogen-bond donors (Lipinski definition) is 0. The number of rotatable bonds is 3. The average Bonchev–Trinajstić information content (AvgIpc) is 3.20. The van der Waals surface area contributed by atoms with Gasteiger partial charge in [-0.05, 0) is 30.3 Å². The van der Waals surface area contributed by atoms with Crippen molar-refractivity contribution in [3.63, 3.8) is 0 Å². The molecule has 4 aromatic rings. The van der Waals surface area contributed by atoms with Crippen molar-refractivity contribution in [2.45, 2.75) is 6.42 Å². The monoisotopic (exact) mass is 504 g/mol. The summed E-state index contributed by atoms with van der Waals surface area (Å²) in [5.74, 6) is 0. The largest absolute Gasteiger partial charge is 0.266 e. The fraction of sp³-hybridized carbons (Fsp3) is 0.0476. The smallest absolute Gasteiger partial charge is 0.0493 e. The molecule has 1 radical (unpaired) electrons. The van der Waals surface area contributed by atoms with E-state index in [0.29, 0.717) is 0 Å². The Bertz CT molecular complexity index is 779. The van der Waals surface area contributed by atoms with Crippen LogP contribution in [0.1, 0.15) is 11.3 Å². The average molecular weight is 504 g/mol. The van der Waals surface area contributed by atoms with Crippen LogP contribution in [0.25, 0.3) is 5.69 Å². The first kappa shape index (κ1) is 18.8. The van der Waals surface area contributed by atoms with Crippen LogP contribution >= 0.6 is 0 Å². The standard InChI is InChI=1S/C12H10N.C9H7N2.Ir/c1-2-6-11(7-3-1)10-12-8-4-5-9-13-12;1-2-5-9(6-3-1)11-8-4-7-10-11;/h1-6,8-9H,10H2;1-5,7-8H;/q2*-1;. The van der Waals surface area contributed by atoms with Crippen LogP contribution in [0, 0.1) is 12.1 Å². The maximum atomic E-state index is 4.25. The minimum Gasteiger partial charge on any atom is -0.266 e. The van der Waals surface area contributed by atoms with E-state index in [0.717, 1.165) is 17.8 Å². The third kappa shape index (κ3) is 6.11. The van der Waals surface area contributed by atoms with E-state index in [9.17, 15) is 0 Å². The van der Waals surface area contributed by atoms with Gasteiger partial charge in [0.1, 0.15) is 0 Å². The molecule has 0 saturated heterocycles. The van der Waals surface area contributed by atoms with E-state index in [-0.39, 0.29) is 20.1 Å². The van der Waals surface area contributed by atoms with Crippen molar-refractivity contribution >= 4 is 0 Å². The SMILES string of the molecule is [Ir].[c-]1ccccc1-n1cccn1.[c-]1ccccc1Cc1ccccn1. The number of pyridine rings is 1. The molecule has 127 valence electrons. The Kier molecular flexibility index (Phi) is 7.77. The number of para-hydroxylation sites is 1. The first-order valence-corrected chi connectivity index (χ1v) is 7.74. The summed E-state index contributed by atoms with van der Waals surface area (Å²) in [5.41, 5.74) is 3.24. The molecule has 0 atom stereocenters. The Hall–Kier alpha value is -2.55. The topological polar surface area (TPSA) is 30.7 Å². The van der Waals surface area contributed by atoms with E-state index in [4.69, 9.17) is 0 Å². The summed E-state index contributed by atoms with van der Waals surface area (Å²) in [6.07, 6.45) is 6.33. The maximum absolute atomic E-state index is 4.25. The number of aromatic nitrogens is 3. The molecule has 0 aliphatic heterocycles. The molecule has 2 heterocycles. The van der Waals surface area contributed by atoms with Crippen molar-refractivity contribution in [3.8, 4) is 5.69 Å². The second kappa shape index (κ2) is 10.3. The molecule has 0 aliphatic rings. The Labute approximate surface area is 161 Å². The first-order valence-electron chi connectivity index (χ1n) is 7.74. The number of hydrogen-bond acceptors (Lipinski definition) is 2. The van der Waals surface area contributed by atoms with Crippen LogP contribution in [0.2, 0.25) is 0 Å². The van der Waals surface area contributed by atoms with Crippen LogP contribution in [0.5, 0.6) is 0 Å². The van der Waals surface area contributed by atoms with Crippen LogP contribution in [0.4, 0.5) is 0 Å². The summed E-state index contributed by atoms with van der Waals surface area (Å²) < 4.78 is 1.78. The van der Waals surface area contributed by atoms with Crippen molar-refractivity contribution in [2.24, 2.45) is 0 Å². The molecule has 4 rings (SSSR count). The normalized spacial score (nSPS) is 9.44. The molecule has 3 nitrogen and oxygen atoms in total. The zero-order valence-electron chi connectivity index (χ0n) is 13.5. The van der Waals surface area contributed by atoms with Gasteiger partial charge in [0.2, 0.25) is 0 Å². The molecule has 0 saturated carbocycles. The second-order valence-corrected chi connectivity index (χ2v) is 5.08. The van der Waals surface area contributed by atoms with Crippen molar-refractivity contribution in [3.05, 3.63) is 115 Å². The third-order valence-electron chi connectivity index (χ3n) is 3.32. The van der Waals surface area contributed by atoms with Gasteiger partial charge in [-0.2, -0.15) is 65.3 Å². The van der Waals surface area contributed by atoms with Gasteiger partial charge >= 0.3 is 0 Å². The van der Waals surface area contributed by atoms with E-state index < -0.39 is 0 Å². The van der Waals surface area contributed by atoms with Gasteiger partial charge in [-0.3, -0.25) is 9.67 Å². The first-order chi connectivity index (χ1) is 11.9. The zero-order valence-corrected chi connectivity index (χ0v) is 15.9. The van der Waals surface area contributed by atoms with E-state index in [1.165, 1.54) is 5.56 Å². The fourth-order valence-corrected chi connectivity index (χ4v) is 2.18. The predicted octanol–water partition coefficient (Wildman–Crippen LogP) is 4.14. The number of benzene rings is 2. The molecule has 0 bridgehead atoms. The minimum atomic E-state index is 0. The maximum Gasteiger partial charge on any atom is 0.0493 e. The van der Waals surface area contributed by atoms with Crippen molar-refractivity contribution in [1.82, 2.24) is 14.8 Å². The zero-order chi connectivity index (χ0) is 16.5. The van der Waals surface area contributed by atoms with Crippen molar-refractivity contribution in [1.29, 1.82) is 0 Å². The quantitative estimate of drug-likeness (QED) is 0.394. The molecule has 0 unspecified atom stereocenters. The molecular weight excluding hydrogens is 486 g/mol. The van der Waals surface area contributed by atoms with E-state index in [1.807, 2.05) is 79.1 Å². The molecule has 0 spiro atoms. The van der Waals surface area contributed by atoms with E-state index >= 15 is 0 Å². The van der Waals surface area contributed by atoms with Gasteiger partial charge in [0.25, 0.3) is 0 Å². The van der Waals surface area contributed by atoms with Crippen LogP contribution in [-0.4, -0.2) is 14.8 Å². The van der Waals surface area contributed by atoms with Gasteiger partial charge in [-0.1, -0.05) is 6.07 Å². The van der Waals surface area contributed by atoms with Crippen molar-refractivity contribution < 1.29 is 20.1 Å². The van der Waals surface area contributed by atoms with Crippen molar-refractivity contribution in [2.75, 3.05) is 0 Å². The summed E-state index contributed by atoms with van der Waals surface area (Å²) in [6.45, 7) is 0. The molecular formula is C21H17IrN3-2. The summed E-state index contributed by atoms with van der Waals surface area (Å²) in [7, 11) is 0. The summed E-state index contributed by atoms with van der Waals surface area (Å²) in [5, 5.41) is 4.07. The van der Waals surface area contributed by atoms with Crippen LogP contribution in [0.15, 0.2) is 91.4 Å². The molecule has 25 heavy (non-hydrogen) atoms. The van der Waals surface area contributed by atoms with Crippen LogP contribution in [0.3, 0.4) is 0 Å². The molecule has 2 aromatic carbocycles. The minimum absolute atomic E-state index is 0.